The number of nitrogens with zero attached hydrogens (tertiary/aromatic N) is 3. The Hall–Kier alpha value is -1.93. The summed E-state index contributed by atoms with van der Waals surface area (Å²) in [6.07, 6.45) is 4.02. The second-order valence-electron chi connectivity index (χ2n) is 7.49. The third kappa shape index (κ3) is 4.22. The molecule has 1 unspecified atom stereocenters. The molecule has 7 nitrogen and oxygen atoms in total. The molecule has 0 radical (unpaired) electrons. The molecule has 2 heterocycles. The molecule has 8 heteroatoms. The van der Waals surface area contributed by atoms with E-state index in [1.54, 1.807) is 17.0 Å². The molecule has 0 spiro atoms. The van der Waals surface area contributed by atoms with Gasteiger partial charge in [0.1, 0.15) is 0 Å². The van der Waals surface area contributed by atoms with Crippen molar-refractivity contribution in [3.05, 3.63) is 29.8 Å². The van der Waals surface area contributed by atoms with Gasteiger partial charge in [0.2, 0.25) is 15.9 Å². The highest BCUT2D eigenvalue weighted by Crippen LogP contribution is 2.24. The highest BCUT2D eigenvalue weighted by Gasteiger charge is 2.31. The Morgan fingerprint density at radius 1 is 1.07 bits per heavy atom. The Balaban J connectivity index is 1.78. The Labute approximate surface area is 167 Å². The lowest BCUT2D eigenvalue weighted by atomic mass is 9.99. The molecule has 1 aromatic rings. The first-order chi connectivity index (χ1) is 13.3. The largest absolute Gasteiger partial charge is 0.340 e. The summed E-state index contributed by atoms with van der Waals surface area (Å²) in [6.45, 7) is 5.61. The van der Waals surface area contributed by atoms with Crippen molar-refractivity contribution in [1.29, 1.82) is 0 Å². The number of carbonyl (C=O) groups is 2. The number of sulfonamides is 1. The number of amides is 2. The first-order valence-electron chi connectivity index (χ1n) is 10.0. The van der Waals surface area contributed by atoms with Gasteiger partial charge in [-0.1, -0.05) is 13.0 Å². The van der Waals surface area contributed by atoms with Crippen LogP contribution in [0.25, 0.3) is 0 Å². The van der Waals surface area contributed by atoms with E-state index in [1.807, 2.05) is 4.90 Å². The summed E-state index contributed by atoms with van der Waals surface area (Å²) in [5, 5.41) is 0. The van der Waals surface area contributed by atoms with Crippen molar-refractivity contribution in [3.8, 4) is 0 Å². The lowest BCUT2D eigenvalue weighted by Gasteiger charge is -2.35. The monoisotopic (exact) mass is 407 g/mol. The molecule has 1 aromatic carbocycles. The first kappa shape index (κ1) is 20.8. The second kappa shape index (κ2) is 8.61. The average molecular weight is 408 g/mol. The molecule has 2 aliphatic heterocycles. The van der Waals surface area contributed by atoms with Crippen LogP contribution in [0.2, 0.25) is 0 Å². The maximum atomic E-state index is 13.0. The topological polar surface area (TPSA) is 78.0 Å². The minimum Gasteiger partial charge on any atom is -0.340 e. The molecule has 3 rings (SSSR count). The number of piperazine rings is 1. The van der Waals surface area contributed by atoms with Gasteiger partial charge < -0.3 is 9.80 Å². The number of likely N-dealkylation sites (tertiary alicyclic amines) is 1. The molecule has 2 saturated heterocycles. The SMILES string of the molecule is CCC1CCCCN1C(=O)c1cccc(S(=O)(=O)N2CCN(C(C)=O)CC2)c1. The molecular formula is C20H29N3O4S. The van der Waals surface area contributed by atoms with Gasteiger partial charge in [-0.15, -0.1) is 0 Å². The maximum Gasteiger partial charge on any atom is 0.254 e. The van der Waals surface area contributed by atoms with Crippen LogP contribution in [-0.2, 0) is 14.8 Å². The third-order valence-electron chi connectivity index (χ3n) is 5.76. The normalized spacial score (nSPS) is 21.6. The van der Waals surface area contributed by atoms with Gasteiger partial charge in [-0.3, -0.25) is 9.59 Å². The Kier molecular flexibility index (Phi) is 6.40. The summed E-state index contributed by atoms with van der Waals surface area (Å²) in [7, 11) is -3.69. The van der Waals surface area contributed by atoms with Crippen molar-refractivity contribution < 1.29 is 18.0 Å². The molecular weight excluding hydrogens is 378 g/mol. The van der Waals surface area contributed by atoms with E-state index < -0.39 is 10.0 Å². The highest BCUT2D eigenvalue weighted by molar-refractivity contribution is 7.89. The van der Waals surface area contributed by atoms with E-state index in [4.69, 9.17) is 0 Å². The maximum absolute atomic E-state index is 13.0. The zero-order valence-corrected chi connectivity index (χ0v) is 17.5. The number of hydrogen-bond donors (Lipinski definition) is 0. The van der Waals surface area contributed by atoms with Gasteiger partial charge in [-0.05, 0) is 43.9 Å². The summed E-state index contributed by atoms with van der Waals surface area (Å²) in [6, 6.07) is 6.58. The number of rotatable bonds is 4. The minimum atomic E-state index is -3.69. The van der Waals surface area contributed by atoms with Crippen molar-refractivity contribution in [2.45, 2.75) is 50.5 Å². The number of carbonyl (C=O) groups excluding carboxylic acids is 2. The zero-order valence-electron chi connectivity index (χ0n) is 16.6. The smallest absolute Gasteiger partial charge is 0.254 e. The Bertz CT molecular complexity index is 832. The molecule has 2 fully saturated rings. The number of benzene rings is 1. The van der Waals surface area contributed by atoms with Crippen LogP contribution in [0.3, 0.4) is 0 Å². The van der Waals surface area contributed by atoms with Gasteiger partial charge in [-0.2, -0.15) is 4.31 Å². The van der Waals surface area contributed by atoms with Gasteiger partial charge in [0, 0.05) is 51.3 Å². The quantitative estimate of drug-likeness (QED) is 0.764. The van der Waals surface area contributed by atoms with Crippen LogP contribution in [-0.4, -0.2) is 73.1 Å². The van der Waals surface area contributed by atoms with Crippen LogP contribution in [0.4, 0.5) is 0 Å². The lowest BCUT2D eigenvalue weighted by molar-refractivity contribution is -0.129. The van der Waals surface area contributed by atoms with Crippen molar-refractivity contribution >= 4 is 21.8 Å². The molecule has 2 amide bonds. The molecule has 28 heavy (non-hydrogen) atoms. The summed E-state index contributed by atoms with van der Waals surface area (Å²) in [5.41, 5.74) is 0.420. The molecule has 0 saturated carbocycles. The summed E-state index contributed by atoms with van der Waals surface area (Å²) < 4.78 is 27.5. The van der Waals surface area contributed by atoms with Crippen LogP contribution in [0.5, 0.6) is 0 Å². The Morgan fingerprint density at radius 2 is 1.79 bits per heavy atom. The first-order valence-corrected chi connectivity index (χ1v) is 11.4. The third-order valence-corrected chi connectivity index (χ3v) is 7.66. The van der Waals surface area contributed by atoms with E-state index in [1.165, 1.54) is 23.4 Å². The Morgan fingerprint density at radius 3 is 2.43 bits per heavy atom. The minimum absolute atomic E-state index is 0.0448. The highest BCUT2D eigenvalue weighted by atomic mass is 32.2. The molecule has 0 aliphatic carbocycles. The fraction of sp³-hybridized carbons (Fsp3) is 0.600. The van der Waals surface area contributed by atoms with Gasteiger partial charge in [0.15, 0.2) is 0 Å². The van der Waals surface area contributed by atoms with Crippen LogP contribution in [0.15, 0.2) is 29.2 Å². The van der Waals surface area contributed by atoms with E-state index in [-0.39, 0.29) is 35.8 Å². The molecule has 0 aromatic heterocycles. The van der Waals surface area contributed by atoms with E-state index in [9.17, 15) is 18.0 Å². The van der Waals surface area contributed by atoms with Crippen LogP contribution in [0.1, 0.15) is 49.9 Å². The zero-order chi connectivity index (χ0) is 20.3. The average Bonchev–Trinajstić information content (AvgIpc) is 2.73. The van der Waals surface area contributed by atoms with Crippen molar-refractivity contribution in [2.75, 3.05) is 32.7 Å². The summed E-state index contributed by atoms with van der Waals surface area (Å²) in [5.74, 6) is -0.137. The standard InChI is InChI=1S/C20H29N3O4S/c1-3-18-8-4-5-10-23(18)20(25)17-7-6-9-19(15-17)28(26,27)22-13-11-21(12-14-22)16(2)24/h6-7,9,15,18H,3-5,8,10-14H2,1-2H3. The predicted octanol–water partition coefficient (Wildman–Crippen LogP) is 1.94. The van der Waals surface area contributed by atoms with Crippen LogP contribution in [0, 0.1) is 0 Å². The van der Waals surface area contributed by atoms with Gasteiger partial charge in [0.25, 0.3) is 5.91 Å². The lowest BCUT2D eigenvalue weighted by Crippen LogP contribution is -2.50. The van der Waals surface area contributed by atoms with Crippen molar-refractivity contribution in [3.63, 3.8) is 0 Å². The molecule has 0 bridgehead atoms. The predicted molar refractivity (Wildman–Crippen MR) is 106 cm³/mol. The molecule has 154 valence electrons. The summed E-state index contributed by atoms with van der Waals surface area (Å²) >= 11 is 0. The van der Waals surface area contributed by atoms with E-state index in [0.29, 0.717) is 18.7 Å². The van der Waals surface area contributed by atoms with Crippen LogP contribution >= 0.6 is 0 Å². The summed E-state index contributed by atoms with van der Waals surface area (Å²) in [4.78, 5) is 28.2. The van der Waals surface area contributed by atoms with Crippen LogP contribution < -0.4 is 0 Å². The fourth-order valence-corrected chi connectivity index (χ4v) is 5.51. The number of piperidine rings is 1. The van der Waals surface area contributed by atoms with Crippen molar-refractivity contribution in [2.24, 2.45) is 0 Å². The molecule has 1 atom stereocenters. The fourth-order valence-electron chi connectivity index (χ4n) is 4.04. The molecule has 0 N–H and O–H groups in total. The van der Waals surface area contributed by atoms with E-state index >= 15 is 0 Å². The van der Waals surface area contributed by atoms with Gasteiger partial charge >= 0.3 is 0 Å². The van der Waals surface area contributed by atoms with Crippen molar-refractivity contribution in [1.82, 2.24) is 14.1 Å². The number of hydrogen-bond acceptors (Lipinski definition) is 4. The van der Waals surface area contributed by atoms with E-state index in [0.717, 1.165) is 32.2 Å². The van der Waals surface area contributed by atoms with E-state index in [2.05, 4.69) is 6.92 Å². The van der Waals surface area contributed by atoms with Gasteiger partial charge in [0.05, 0.1) is 4.90 Å². The molecule has 2 aliphatic rings. The second-order valence-corrected chi connectivity index (χ2v) is 9.43. The van der Waals surface area contributed by atoms with Gasteiger partial charge in [-0.25, -0.2) is 8.42 Å².